The van der Waals surface area contributed by atoms with E-state index in [0.717, 1.165) is 10.4 Å². The number of nitrogens with one attached hydrogen (secondary N) is 1. The average molecular weight is 393 g/mol. The lowest BCUT2D eigenvalue weighted by Crippen LogP contribution is -2.28. The van der Waals surface area contributed by atoms with Gasteiger partial charge in [0.25, 0.3) is 5.91 Å². The van der Waals surface area contributed by atoms with E-state index in [4.69, 9.17) is 18.9 Å². The van der Waals surface area contributed by atoms with Crippen LogP contribution in [0.3, 0.4) is 0 Å². The fourth-order valence-electron chi connectivity index (χ4n) is 2.39. The van der Waals surface area contributed by atoms with Crippen molar-refractivity contribution in [1.29, 1.82) is 0 Å². The maximum atomic E-state index is 11.9. The molecule has 1 aromatic heterocycles. The van der Waals surface area contributed by atoms with Crippen molar-refractivity contribution >= 4 is 23.2 Å². The number of ether oxygens (including phenoxy) is 4. The molecule has 0 unspecified atom stereocenters. The SMILES string of the molecule is COc1cc(CCC(=O)OCC(=O)NCc2cccs2)cc(OC)c1OC. The van der Waals surface area contributed by atoms with Crippen LogP contribution in [-0.4, -0.2) is 39.8 Å². The number of aryl methyl sites for hydroxylation is 1. The van der Waals surface area contributed by atoms with E-state index in [1.54, 1.807) is 23.5 Å². The molecule has 0 aliphatic heterocycles. The summed E-state index contributed by atoms with van der Waals surface area (Å²) in [5.41, 5.74) is 0.837. The first-order valence-corrected chi connectivity index (χ1v) is 9.19. The third-order valence-corrected chi connectivity index (χ3v) is 4.62. The van der Waals surface area contributed by atoms with Crippen LogP contribution in [0.2, 0.25) is 0 Å². The zero-order valence-corrected chi connectivity index (χ0v) is 16.4. The summed E-state index contributed by atoms with van der Waals surface area (Å²) in [5, 5.41) is 4.64. The molecule has 7 nitrogen and oxygen atoms in total. The molecule has 27 heavy (non-hydrogen) atoms. The number of benzene rings is 1. The van der Waals surface area contributed by atoms with Crippen molar-refractivity contribution in [3.05, 3.63) is 40.1 Å². The van der Waals surface area contributed by atoms with Gasteiger partial charge in [0, 0.05) is 11.3 Å². The highest BCUT2D eigenvalue weighted by atomic mass is 32.1. The minimum absolute atomic E-state index is 0.136. The molecular formula is C19H23NO6S. The second kappa shape index (κ2) is 10.4. The Balaban J connectivity index is 1.80. The molecule has 0 spiro atoms. The maximum absolute atomic E-state index is 11.9. The molecule has 1 N–H and O–H groups in total. The number of thiophene rings is 1. The first-order valence-electron chi connectivity index (χ1n) is 8.31. The number of amides is 1. The highest BCUT2D eigenvalue weighted by molar-refractivity contribution is 7.09. The molecule has 0 aliphatic rings. The minimum Gasteiger partial charge on any atom is -0.493 e. The fraction of sp³-hybridized carbons (Fsp3) is 0.368. The number of carbonyl (C=O) groups excluding carboxylic acids is 2. The smallest absolute Gasteiger partial charge is 0.306 e. The number of carbonyl (C=O) groups is 2. The second-order valence-corrected chi connectivity index (χ2v) is 6.58. The molecule has 2 aromatic rings. The molecule has 8 heteroatoms. The van der Waals surface area contributed by atoms with Gasteiger partial charge in [-0.1, -0.05) is 6.07 Å². The van der Waals surface area contributed by atoms with Gasteiger partial charge >= 0.3 is 5.97 Å². The molecule has 0 radical (unpaired) electrons. The summed E-state index contributed by atoms with van der Waals surface area (Å²) >= 11 is 1.55. The van der Waals surface area contributed by atoms with Crippen molar-refractivity contribution < 1.29 is 28.5 Å². The third-order valence-electron chi connectivity index (χ3n) is 3.75. The minimum atomic E-state index is -0.449. The van der Waals surface area contributed by atoms with E-state index in [0.29, 0.717) is 30.2 Å². The molecular weight excluding hydrogens is 370 g/mol. The van der Waals surface area contributed by atoms with Gasteiger partial charge in [-0.2, -0.15) is 0 Å². The Morgan fingerprint density at radius 1 is 1.07 bits per heavy atom. The molecule has 1 aromatic carbocycles. The van der Waals surface area contributed by atoms with Gasteiger partial charge in [0.2, 0.25) is 5.75 Å². The zero-order chi connectivity index (χ0) is 19.6. The number of rotatable bonds is 10. The lowest BCUT2D eigenvalue weighted by Gasteiger charge is -2.14. The third kappa shape index (κ3) is 6.18. The Labute approximate surface area is 162 Å². The quantitative estimate of drug-likeness (QED) is 0.625. The second-order valence-electron chi connectivity index (χ2n) is 5.55. The first kappa shape index (κ1) is 20.6. The molecule has 0 bridgehead atoms. The van der Waals surface area contributed by atoms with Gasteiger partial charge in [0.1, 0.15) is 0 Å². The Morgan fingerprint density at radius 2 is 1.78 bits per heavy atom. The molecule has 2 rings (SSSR count). The van der Waals surface area contributed by atoms with Crippen molar-refractivity contribution in [3.63, 3.8) is 0 Å². The summed E-state index contributed by atoms with van der Waals surface area (Å²) in [5.74, 6) is 0.759. The molecule has 0 aliphatic carbocycles. The van der Waals surface area contributed by atoms with Crippen LogP contribution in [0.25, 0.3) is 0 Å². The summed E-state index contributed by atoms with van der Waals surface area (Å²) in [7, 11) is 4.59. The van der Waals surface area contributed by atoms with Gasteiger partial charge in [-0.05, 0) is 35.6 Å². The normalized spacial score (nSPS) is 10.2. The maximum Gasteiger partial charge on any atom is 0.306 e. The number of hydrogen-bond donors (Lipinski definition) is 1. The lowest BCUT2D eigenvalue weighted by molar-refractivity contribution is -0.148. The van der Waals surface area contributed by atoms with Crippen LogP contribution in [0.15, 0.2) is 29.6 Å². The highest BCUT2D eigenvalue weighted by Gasteiger charge is 2.14. The van der Waals surface area contributed by atoms with Crippen LogP contribution < -0.4 is 19.5 Å². The van der Waals surface area contributed by atoms with Gasteiger partial charge in [-0.15, -0.1) is 11.3 Å². The van der Waals surface area contributed by atoms with Crippen LogP contribution in [0.5, 0.6) is 17.2 Å². The standard InChI is InChI=1S/C19H23NO6S/c1-23-15-9-13(10-16(24-2)19(15)25-3)6-7-18(22)26-12-17(21)20-11-14-5-4-8-27-14/h4-5,8-10H,6-7,11-12H2,1-3H3,(H,20,21). The molecule has 0 fully saturated rings. The van der Waals surface area contributed by atoms with E-state index in [-0.39, 0.29) is 18.9 Å². The molecule has 0 saturated heterocycles. The Morgan fingerprint density at radius 3 is 2.33 bits per heavy atom. The Bertz CT molecular complexity index is 735. The average Bonchev–Trinajstić information content (AvgIpc) is 3.21. The van der Waals surface area contributed by atoms with Crippen LogP contribution in [0.4, 0.5) is 0 Å². The zero-order valence-electron chi connectivity index (χ0n) is 15.6. The molecule has 146 valence electrons. The van der Waals surface area contributed by atoms with Gasteiger partial charge in [0.05, 0.1) is 27.9 Å². The molecule has 1 amide bonds. The van der Waals surface area contributed by atoms with Crippen molar-refractivity contribution in [2.24, 2.45) is 0 Å². The van der Waals surface area contributed by atoms with E-state index < -0.39 is 5.97 Å². The first-order chi connectivity index (χ1) is 13.1. The Hall–Kier alpha value is -2.74. The van der Waals surface area contributed by atoms with Crippen molar-refractivity contribution in [2.75, 3.05) is 27.9 Å². The molecule has 0 saturated carbocycles. The lowest BCUT2D eigenvalue weighted by atomic mass is 10.1. The molecule has 1 heterocycles. The highest BCUT2D eigenvalue weighted by Crippen LogP contribution is 2.38. The van der Waals surface area contributed by atoms with Gasteiger partial charge in [0.15, 0.2) is 18.1 Å². The number of esters is 1. The Kier molecular flexibility index (Phi) is 7.94. The van der Waals surface area contributed by atoms with E-state index >= 15 is 0 Å². The summed E-state index contributed by atoms with van der Waals surface area (Å²) in [6, 6.07) is 7.40. The topological polar surface area (TPSA) is 83.1 Å². The fourth-order valence-corrected chi connectivity index (χ4v) is 3.04. The van der Waals surface area contributed by atoms with Crippen LogP contribution in [0, 0.1) is 0 Å². The van der Waals surface area contributed by atoms with Crippen molar-refractivity contribution in [3.8, 4) is 17.2 Å². The van der Waals surface area contributed by atoms with Gasteiger partial charge in [-0.25, -0.2) is 0 Å². The van der Waals surface area contributed by atoms with Gasteiger partial charge in [-0.3, -0.25) is 9.59 Å². The van der Waals surface area contributed by atoms with E-state index in [1.807, 2.05) is 17.5 Å². The summed E-state index contributed by atoms with van der Waals surface area (Å²) in [4.78, 5) is 24.7. The van der Waals surface area contributed by atoms with Crippen LogP contribution >= 0.6 is 11.3 Å². The van der Waals surface area contributed by atoms with Crippen LogP contribution in [-0.2, 0) is 27.3 Å². The van der Waals surface area contributed by atoms with E-state index in [2.05, 4.69) is 5.32 Å². The predicted molar refractivity (Wildman–Crippen MR) is 102 cm³/mol. The van der Waals surface area contributed by atoms with E-state index in [1.165, 1.54) is 21.3 Å². The van der Waals surface area contributed by atoms with Crippen molar-refractivity contribution in [1.82, 2.24) is 5.32 Å². The predicted octanol–water partition coefficient (Wildman–Crippen LogP) is 2.57. The monoisotopic (exact) mass is 393 g/mol. The molecule has 0 atom stereocenters. The summed E-state index contributed by atoms with van der Waals surface area (Å²) in [6.45, 7) is 0.138. The van der Waals surface area contributed by atoms with Gasteiger partial charge < -0.3 is 24.3 Å². The number of methoxy groups -OCH3 is 3. The summed E-state index contributed by atoms with van der Waals surface area (Å²) < 4.78 is 20.9. The summed E-state index contributed by atoms with van der Waals surface area (Å²) in [6.07, 6.45) is 0.559. The number of hydrogen-bond acceptors (Lipinski definition) is 7. The van der Waals surface area contributed by atoms with Crippen molar-refractivity contribution in [2.45, 2.75) is 19.4 Å². The van der Waals surface area contributed by atoms with Crippen LogP contribution in [0.1, 0.15) is 16.9 Å². The largest absolute Gasteiger partial charge is 0.493 e. The van der Waals surface area contributed by atoms with E-state index in [9.17, 15) is 9.59 Å².